The van der Waals surface area contributed by atoms with Crippen molar-refractivity contribution in [1.82, 2.24) is 20.3 Å². The van der Waals surface area contributed by atoms with Crippen molar-refractivity contribution in [3.8, 4) is 0 Å². The standard InChI is InChI=1S/C16H21N5O/c1-2-12-6-7-14(19-12)15(22)20-13-5-3-10-21(11-13)16-17-8-4-9-18-16/h4,6-9,13,19H,2-3,5,10-11H2,1H3,(H,20,22)/t13-/m0/s1. The number of amides is 1. The molecule has 1 amide bonds. The van der Waals surface area contributed by atoms with Crippen LogP contribution < -0.4 is 10.2 Å². The largest absolute Gasteiger partial charge is 0.354 e. The summed E-state index contributed by atoms with van der Waals surface area (Å²) >= 11 is 0. The van der Waals surface area contributed by atoms with Gasteiger partial charge in [-0.3, -0.25) is 4.79 Å². The molecule has 3 rings (SSSR count). The third-order valence-corrected chi connectivity index (χ3v) is 3.96. The number of carbonyl (C=O) groups is 1. The summed E-state index contributed by atoms with van der Waals surface area (Å²) in [4.78, 5) is 26.1. The molecule has 1 saturated heterocycles. The lowest BCUT2D eigenvalue weighted by Crippen LogP contribution is -2.48. The maximum atomic E-state index is 12.3. The van der Waals surface area contributed by atoms with E-state index in [1.54, 1.807) is 12.4 Å². The van der Waals surface area contributed by atoms with E-state index in [2.05, 4.69) is 32.1 Å². The summed E-state index contributed by atoms with van der Waals surface area (Å²) in [7, 11) is 0. The fourth-order valence-electron chi connectivity index (χ4n) is 2.77. The highest BCUT2D eigenvalue weighted by molar-refractivity contribution is 5.92. The molecule has 6 heteroatoms. The van der Waals surface area contributed by atoms with Gasteiger partial charge in [-0.25, -0.2) is 9.97 Å². The zero-order chi connectivity index (χ0) is 15.4. The van der Waals surface area contributed by atoms with Crippen LogP contribution in [0.1, 0.15) is 35.9 Å². The van der Waals surface area contributed by atoms with Crippen molar-refractivity contribution >= 4 is 11.9 Å². The van der Waals surface area contributed by atoms with Gasteiger partial charge in [-0.2, -0.15) is 0 Å². The molecule has 1 fully saturated rings. The highest BCUT2D eigenvalue weighted by Gasteiger charge is 2.23. The number of nitrogens with one attached hydrogen (secondary N) is 2. The zero-order valence-electron chi connectivity index (χ0n) is 12.7. The first kappa shape index (κ1) is 14.6. The van der Waals surface area contributed by atoms with E-state index in [0.29, 0.717) is 5.69 Å². The van der Waals surface area contributed by atoms with Crippen molar-refractivity contribution in [1.29, 1.82) is 0 Å². The number of hydrogen-bond donors (Lipinski definition) is 2. The van der Waals surface area contributed by atoms with Gasteiger partial charge in [0.2, 0.25) is 5.95 Å². The van der Waals surface area contributed by atoms with Crippen molar-refractivity contribution in [2.75, 3.05) is 18.0 Å². The molecule has 3 heterocycles. The Hall–Kier alpha value is -2.37. The number of aromatic nitrogens is 3. The first-order valence-corrected chi connectivity index (χ1v) is 7.77. The van der Waals surface area contributed by atoms with Gasteiger partial charge in [-0.15, -0.1) is 0 Å². The Bertz CT molecular complexity index is 624. The lowest BCUT2D eigenvalue weighted by molar-refractivity contribution is 0.0928. The van der Waals surface area contributed by atoms with Crippen LogP contribution in [0.3, 0.4) is 0 Å². The molecule has 0 saturated carbocycles. The molecular formula is C16H21N5O. The SMILES string of the molecule is CCc1ccc(C(=O)N[C@H]2CCCN(c3ncccn3)C2)[nH]1. The quantitative estimate of drug-likeness (QED) is 0.902. The number of aryl methyl sites for hydroxylation is 1. The topological polar surface area (TPSA) is 73.9 Å². The lowest BCUT2D eigenvalue weighted by Gasteiger charge is -2.33. The maximum Gasteiger partial charge on any atom is 0.267 e. The molecule has 0 bridgehead atoms. The van der Waals surface area contributed by atoms with Crippen LogP contribution in [-0.2, 0) is 6.42 Å². The minimum atomic E-state index is -0.0412. The average molecular weight is 299 g/mol. The Morgan fingerprint density at radius 2 is 2.23 bits per heavy atom. The zero-order valence-corrected chi connectivity index (χ0v) is 12.7. The molecule has 6 nitrogen and oxygen atoms in total. The van der Waals surface area contributed by atoms with Gasteiger partial charge in [0.1, 0.15) is 5.69 Å². The third-order valence-electron chi connectivity index (χ3n) is 3.96. The van der Waals surface area contributed by atoms with Crippen molar-refractivity contribution in [3.63, 3.8) is 0 Å². The number of aromatic amines is 1. The van der Waals surface area contributed by atoms with E-state index in [4.69, 9.17) is 0 Å². The number of nitrogens with zero attached hydrogens (tertiary/aromatic N) is 3. The van der Waals surface area contributed by atoms with Gasteiger partial charge in [0, 0.05) is 37.2 Å². The average Bonchev–Trinajstić information content (AvgIpc) is 3.05. The van der Waals surface area contributed by atoms with Crippen molar-refractivity contribution < 1.29 is 4.79 Å². The molecule has 2 N–H and O–H groups in total. The number of piperidine rings is 1. The highest BCUT2D eigenvalue weighted by atomic mass is 16.1. The van der Waals surface area contributed by atoms with Crippen LogP contribution in [0.4, 0.5) is 5.95 Å². The van der Waals surface area contributed by atoms with Gasteiger partial charge < -0.3 is 15.2 Å². The summed E-state index contributed by atoms with van der Waals surface area (Å²) in [5, 5.41) is 3.10. The Morgan fingerprint density at radius 1 is 1.41 bits per heavy atom. The minimum Gasteiger partial charge on any atom is -0.354 e. The second-order valence-corrected chi connectivity index (χ2v) is 5.56. The maximum absolute atomic E-state index is 12.3. The summed E-state index contributed by atoms with van der Waals surface area (Å²) < 4.78 is 0. The monoisotopic (exact) mass is 299 g/mol. The van der Waals surface area contributed by atoms with Crippen LogP contribution in [0.15, 0.2) is 30.6 Å². The fourth-order valence-corrected chi connectivity index (χ4v) is 2.77. The Morgan fingerprint density at radius 3 is 2.95 bits per heavy atom. The molecule has 0 aliphatic carbocycles. The normalized spacial score (nSPS) is 18.2. The van der Waals surface area contributed by atoms with Crippen molar-refractivity contribution in [3.05, 3.63) is 42.0 Å². The smallest absolute Gasteiger partial charge is 0.267 e. The first-order chi connectivity index (χ1) is 10.8. The van der Waals surface area contributed by atoms with Crippen LogP contribution in [-0.4, -0.2) is 40.0 Å². The summed E-state index contributed by atoms with van der Waals surface area (Å²) in [5.41, 5.74) is 1.71. The van der Waals surface area contributed by atoms with Gasteiger partial charge in [-0.1, -0.05) is 6.92 Å². The van der Waals surface area contributed by atoms with E-state index in [9.17, 15) is 4.79 Å². The summed E-state index contributed by atoms with van der Waals surface area (Å²) in [6, 6.07) is 5.73. The van der Waals surface area contributed by atoms with Crippen molar-refractivity contribution in [2.24, 2.45) is 0 Å². The molecule has 0 radical (unpaired) electrons. The molecule has 22 heavy (non-hydrogen) atoms. The number of carbonyl (C=O) groups excluding carboxylic acids is 1. The molecule has 1 aliphatic heterocycles. The highest BCUT2D eigenvalue weighted by Crippen LogP contribution is 2.15. The lowest BCUT2D eigenvalue weighted by atomic mass is 10.1. The first-order valence-electron chi connectivity index (χ1n) is 7.77. The molecule has 2 aromatic heterocycles. The van der Waals surface area contributed by atoms with E-state index in [1.165, 1.54) is 0 Å². The van der Waals surface area contributed by atoms with Crippen LogP contribution >= 0.6 is 0 Å². The van der Waals surface area contributed by atoms with Gasteiger partial charge in [-0.05, 0) is 37.5 Å². The van der Waals surface area contributed by atoms with Gasteiger partial charge in [0.25, 0.3) is 5.91 Å². The molecule has 1 aliphatic rings. The second kappa shape index (κ2) is 6.60. The van der Waals surface area contributed by atoms with Crippen LogP contribution in [0.25, 0.3) is 0 Å². The van der Waals surface area contributed by atoms with Crippen LogP contribution in [0, 0.1) is 0 Å². The number of H-pyrrole nitrogens is 1. The Kier molecular flexibility index (Phi) is 4.37. The Labute approximate surface area is 130 Å². The number of anilines is 1. The predicted octanol–water partition coefficient (Wildman–Crippen LogP) is 1.77. The number of rotatable bonds is 4. The summed E-state index contributed by atoms with van der Waals surface area (Å²) in [5.74, 6) is 0.690. The van der Waals surface area contributed by atoms with Gasteiger partial charge in [0.15, 0.2) is 0 Å². The molecule has 0 aromatic carbocycles. The second-order valence-electron chi connectivity index (χ2n) is 5.56. The number of hydrogen-bond acceptors (Lipinski definition) is 4. The van der Waals surface area contributed by atoms with E-state index in [1.807, 2.05) is 18.2 Å². The van der Waals surface area contributed by atoms with Gasteiger partial charge >= 0.3 is 0 Å². The third kappa shape index (κ3) is 3.27. The molecule has 1 atom stereocenters. The molecule has 2 aromatic rings. The van der Waals surface area contributed by atoms with E-state index in [-0.39, 0.29) is 11.9 Å². The molecular weight excluding hydrogens is 278 g/mol. The van der Waals surface area contributed by atoms with E-state index >= 15 is 0 Å². The minimum absolute atomic E-state index is 0.0412. The van der Waals surface area contributed by atoms with Crippen LogP contribution in [0.2, 0.25) is 0 Å². The van der Waals surface area contributed by atoms with Gasteiger partial charge in [0.05, 0.1) is 0 Å². The van der Waals surface area contributed by atoms with E-state index < -0.39 is 0 Å². The Balaban J connectivity index is 1.61. The van der Waals surface area contributed by atoms with Crippen molar-refractivity contribution in [2.45, 2.75) is 32.2 Å². The fraction of sp³-hybridized carbons (Fsp3) is 0.438. The predicted molar refractivity (Wildman–Crippen MR) is 84.9 cm³/mol. The van der Waals surface area contributed by atoms with E-state index in [0.717, 1.165) is 44.0 Å². The molecule has 116 valence electrons. The molecule has 0 spiro atoms. The summed E-state index contributed by atoms with van der Waals surface area (Å²) in [6.45, 7) is 3.74. The van der Waals surface area contributed by atoms with Crippen LogP contribution in [0.5, 0.6) is 0 Å². The molecule has 0 unspecified atom stereocenters. The summed E-state index contributed by atoms with van der Waals surface area (Å²) in [6.07, 6.45) is 6.39.